The van der Waals surface area contributed by atoms with E-state index in [9.17, 15) is 10.1 Å². The standard InChI is InChI=1S/C28H26FN7OS/c1-17-15-35(10-11-36(17)28(37)24-9-12-38-24)27-25-20(19-5-3-4-6-22(19)29)7-8-21(26(25)31-16-32-27)23-13-18(14-30)34(2)33-23/h3-8,13,16-17,24H,9-12,15H2,1-2H3. The maximum absolute atomic E-state index is 15.1. The summed E-state index contributed by atoms with van der Waals surface area (Å²) in [5, 5.41) is 14.8. The molecule has 4 aromatic rings. The second-order valence-corrected chi connectivity index (χ2v) is 11.0. The van der Waals surface area contributed by atoms with Crippen LogP contribution in [0.2, 0.25) is 0 Å². The SMILES string of the molecule is CC1CN(c2ncnc3c(-c4cc(C#N)n(C)n4)ccc(-c4ccccc4F)c23)CCN1C(=O)C1CCS1. The number of hydrogen-bond acceptors (Lipinski definition) is 7. The van der Waals surface area contributed by atoms with Crippen molar-refractivity contribution in [2.45, 2.75) is 24.6 Å². The number of carbonyl (C=O) groups is 1. The third-order valence-electron chi connectivity index (χ3n) is 7.39. The van der Waals surface area contributed by atoms with Crippen molar-refractivity contribution in [1.29, 1.82) is 5.26 Å². The molecule has 6 rings (SSSR count). The van der Waals surface area contributed by atoms with Crippen LogP contribution in [0.3, 0.4) is 0 Å². The van der Waals surface area contributed by atoms with E-state index in [0.717, 1.165) is 23.1 Å². The van der Waals surface area contributed by atoms with Gasteiger partial charge in [0.15, 0.2) is 0 Å². The summed E-state index contributed by atoms with van der Waals surface area (Å²) in [6.45, 7) is 3.89. The predicted molar refractivity (Wildman–Crippen MR) is 146 cm³/mol. The molecule has 0 radical (unpaired) electrons. The van der Waals surface area contributed by atoms with Crippen molar-refractivity contribution in [3.63, 3.8) is 0 Å². The summed E-state index contributed by atoms with van der Waals surface area (Å²) in [5.41, 5.74) is 3.56. The molecule has 2 fully saturated rings. The summed E-state index contributed by atoms with van der Waals surface area (Å²) >= 11 is 1.72. The first-order valence-corrected chi connectivity index (χ1v) is 13.6. The molecule has 2 saturated heterocycles. The Labute approximate surface area is 224 Å². The number of hydrogen-bond donors (Lipinski definition) is 0. The number of anilines is 1. The number of benzene rings is 2. The molecule has 2 aliphatic rings. The number of rotatable bonds is 4. The topological polar surface area (TPSA) is 90.9 Å². The van der Waals surface area contributed by atoms with E-state index in [1.807, 2.05) is 23.1 Å². The van der Waals surface area contributed by atoms with Gasteiger partial charge in [0.1, 0.15) is 29.7 Å². The minimum Gasteiger partial charge on any atom is -0.352 e. The lowest BCUT2D eigenvalue weighted by Gasteiger charge is -2.43. The Morgan fingerprint density at radius 2 is 1.92 bits per heavy atom. The van der Waals surface area contributed by atoms with Crippen molar-refractivity contribution in [1.82, 2.24) is 24.6 Å². The molecular weight excluding hydrogens is 501 g/mol. The lowest BCUT2D eigenvalue weighted by Crippen LogP contribution is -2.57. The first kappa shape index (κ1) is 24.4. The highest BCUT2D eigenvalue weighted by Crippen LogP contribution is 2.40. The summed E-state index contributed by atoms with van der Waals surface area (Å²) in [7, 11) is 1.72. The number of halogens is 1. The number of amides is 1. The highest BCUT2D eigenvalue weighted by Gasteiger charge is 2.36. The van der Waals surface area contributed by atoms with Gasteiger partial charge in [0.25, 0.3) is 0 Å². The molecule has 0 saturated carbocycles. The van der Waals surface area contributed by atoms with Crippen LogP contribution in [0.25, 0.3) is 33.3 Å². The highest BCUT2D eigenvalue weighted by molar-refractivity contribution is 8.01. The number of nitrogens with zero attached hydrogens (tertiary/aromatic N) is 7. The van der Waals surface area contributed by atoms with Crippen molar-refractivity contribution >= 4 is 34.4 Å². The minimum absolute atomic E-state index is 0.0107. The van der Waals surface area contributed by atoms with Crippen LogP contribution in [0.4, 0.5) is 10.2 Å². The molecule has 10 heteroatoms. The van der Waals surface area contributed by atoms with Gasteiger partial charge < -0.3 is 9.80 Å². The van der Waals surface area contributed by atoms with Gasteiger partial charge in [-0.25, -0.2) is 14.4 Å². The van der Waals surface area contributed by atoms with Crippen molar-refractivity contribution in [2.24, 2.45) is 7.05 Å². The zero-order chi connectivity index (χ0) is 26.4. The molecule has 0 aliphatic carbocycles. The van der Waals surface area contributed by atoms with Crippen LogP contribution in [0.5, 0.6) is 0 Å². The normalized spacial score (nSPS) is 19.3. The van der Waals surface area contributed by atoms with Crippen LogP contribution in [-0.2, 0) is 11.8 Å². The third-order valence-corrected chi connectivity index (χ3v) is 8.70. The largest absolute Gasteiger partial charge is 0.352 e. The Balaban J connectivity index is 1.48. The molecule has 2 atom stereocenters. The smallest absolute Gasteiger partial charge is 0.236 e. The molecule has 38 heavy (non-hydrogen) atoms. The predicted octanol–water partition coefficient (Wildman–Crippen LogP) is 4.25. The van der Waals surface area contributed by atoms with Crippen LogP contribution < -0.4 is 4.90 Å². The van der Waals surface area contributed by atoms with Gasteiger partial charge in [0, 0.05) is 49.9 Å². The molecular formula is C28H26FN7OS. The molecule has 4 heterocycles. The first-order valence-electron chi connectivity index (χ1n) is 12.6. The highest BCUT2D eigenvalue weighted by atomic mass is 32.2. The van der Waals surface area contributed by atoms with E-state index < -0.39 is 0 Å². The summed E-state index contributed by atoms with van der Waals surface area (Å²) in [5.74, 6) is 1.63. The Morgan fingerprint density at radius 3 is 2.61 bits per heavy atom. The number of piperazine rings is 1. The van der Waals surface area contributed by atoms with Crippen molar-refractivity contribution in [3.8, 4) is 28.5 Å². The Kier molecular flexibility index (Phi) is 6.24. The van der Waals surface area contributed by atoms with Crippen molar-refractivity contribution in [3.05, 3.63) is 60.3 Å². The van der Waals surface area contributed by atoms with E-state index in [-0.39, 0.29) is 23.0 Å². The van der Waals surface area contributed by atoms with Crippen LogP contribution in [0, 0.1) is 17.1 Å². The molecule has 2 aliphatic heterocycles. The maximum atomic E-state index is 15.1. The molecule has 0 bridgehead atoms. The number of nitriles is 1. The Bertz CT molecular complexity index is 1590. The molecule has 2 aromatic heterocycles. The summed E-state index contributed by atoms with van der Waals surface area (Å²) in [6.07, 6.45) is 2.47. The van der Waals surface area contributed by atoms with E-state index in [1.54, 1.807) is 37.0 Å². The van der Waals surface area contributed by atoms with E-state index in [2.05, 4.69) is 28.0 Å². The fourth-order valence-corrected chi connectivity index (χ4v) is 6.05. The van der Waals surface area contributed by atoms with Gasteiger partial charge in [0.05, 0.1) is 21.8 Å². The van der Waals surface area contributed by atoms with Gasteiger partial charge in [-0.05, 0) is 36.8 Å². The van der Waals surface area contributed by atoms with Crippen LogP contribution in [0.1, 0.15) is 19.0 Å². The lowest BCUT2D eigenvalue weighted by atomic mass is 9.96. The quantitative estimate of drug-likeness (QED) is 0.392. The Morgan fingerprint density at radius 1 is 1.13 bits per heavy atom. The molecule has 8 nitrogen and oxygen atoms in total. The summed E-state index contributed by atoms with van der Waals surface area (Å²) in [4.78, 5) is 26.4. The molecule has 2 aromatic carbocycles. The number of thioether (sulfide) groups is 1. The third kappa shape index (κ3) is 4.07. The van der Waals surface area contributed by atoms with E-state index in [4.69, 9.17) is 4.98 Å². The van der Waals surface area contributed by atoms with E-state index in [1.165, 1.54) is 17.1 Å². The minimum atomic E-state index is -0.331. The second-order valence-electron chi connectivity index (χ2n) is 9.69. The summed E-state index contributed by atoms with van der Waals surface area (Å²) < 4.78 is 16.6. The number of aryl methyl sites for hydroxylation is 1. The number of carbonyl (C=O) groups excluding carboxylic acids is 1. The monoisotopic (exact) mass is 527 g/mol. The van der Waals surface area contributed by atoms with Gasteiger partial charge in [-0.1, -0.05) is 24.3 Å². The van der Waals surface area contributed by atoms with Gasteiger partial charge in [0.2, 0.25) is 5.91 Å². The number of aromatic nitrogens is 4. The average molecular weight is 528 g/mol. The van der Waals surface area contributed by atoms with Gasteiger partial charge in [-0.2, -0.15) is 10.4 Å². The first-order chi connectivity index (χ1) is 18.5. The van der Waals surface area contributed by atoms with Crippen molar-refractivity contribution < 1.29 is 9.18 Å². The molecule has 0 spiro atoms. The van der Waals surface area contributed by atoms with Crippen LogP contribution >= 0.6 is 11.8 Å². The second kappa shape index (κ2) is 9.72. The fourth-order valence-electron chi connectivity index (χ4n) is 5.30. The fraction of sp³-hybridized carbons (Fsp3) is 0.321. The van der Waals surface area contributed by atoms with Crippen LogP contribution in [-0.4, -0.2) is 67.2 Å². The van der Waals surface area contributed by atoms with Crippen molar-refractivity contribution in [2.75, 3.05) is 30.3 Å². The molecule has 0 N–H and O–H groups in total. The van der Waals surface area contributed by atoms with E-state index in [0.29, 0.717) is 53.5 Å². The van der Waals surface area contributed by atoms with Gasteiger partial charge in [-0.3, -0.25) is 9.48 Å². The summed E-state index contributed by atoms with van der Waals surface area (Å²) in [6, 6.07) is 14.3. The molecule has 2 unspecified atom stereocenters. The Hall–Kier alpha value is -3.97. The lowest BCUT2D eigenvalue weighted by molar-refractivity contribution is -0.133. The van der Waals surface area contributed by atoms with Gasteiger partial charge in [-0.15, -0.1) is 11.8 Å². The average Bonchev–Trinajstić information content (AvgIpc) is 3.27. The number of fused-ring (bicyclic) bond motifs is 1. The zero-order valence-corrected chi connectivity index (χ0v) is 22.0. The molecule has 1 amide bonds. The van der Waals surface area contributed by atoms with Gasteiger partial charge >= 0.3 is 0 Å². The molecule has 192 valence electrons. The zero-order valence-electron chi connectivity index (χ0n) is 21.1. The van der Waals surface area contributed by atoms with E-state index >= 15 is 4.39 Å². The van der Waals surface area contributed by atoms with Crippen LogP contribution in [0.15, 0.2) is 48.8 Å². The maximum Gasteiger partial charge on any atom is 0.236 e.